The number of thiazole rings is 1. The van der Waals surface area contributed by atoms with Crippen LogP contribution >= 0.6 is 11.3 Å². The average molecular weight is 303 g/mol. The zero-order valence-corrected chi connectivity index (χ0v) is 11.8. The highest BCUT2D eigenvalue weighted by Crippen LogP contribution is 2.24. The van der Waals surface area contributed by atoms with Crippen molar-refractivity contribution in [2.45, 2.75) is 0 Å². The van der Waals surface area contributed by atoms with E-state index in [0.29, 0.717) is 16.2 Å². The van der Waals surface area contributed by atoms with Gasteiger partial charge >= 0.3 is 0 Å². The van der Waals surface area contributed by atoms with E-state index in [-0.39, 0.29) is 11.4 Å². The number of benzene rings is 1. The number of aromatic nitrogens is 2. The van der Waals surface area contributed by atoms with Crippen molar-refractivity contribution in [3.63, 3.8) is 0 Å². The molecule has 0 unspecified atom stereocenters. The van der Waals surface area contributed by atoms with Gasteiger partial charge in [-0.1, -0.05) is 0 Å². The molecule has 1 N–H and O–H groups in total. The molecule has 0 aliphatic rings. The van der Waals surface area contributed by atoms with Crippen LogP contribution in [0.2, 0.25) is 0 Å². The molecule has 0 saturated carbocycles. The van der Waals surface area contributed by atoms with Gasteiger partial charge in [0, 0.05) is 18.6 Å². The van der Waals surface area contributed by atoms with Crippen LogP contribution in [0.3, 0.4) is 0 Å². The third-order valence-corrected chi connectivity index (χ3v) is 3.90. The van der Waals surface area contributed by atoms with Crippen molar-refractivity contribution in [2.75, 3.05) is 7.05 Å². The summed E-state index contributed by atoms with van der Waals surface area (Å²) in [7, 11) is 1.45. The van der Waals surface area contributed by atoms with Gasteiger partial charge in [-0.15, -0.1) is 11.3 Å². The van der Waals surface area contributed by atoms with Crippen LogP contribution in [0.5, 0.6) is 0 Å². The molecule has 0 aliphatic heterocycles. The van der Waals surface area contributed by atoms with Crippen LogP contribution in [0.1, 0.15) is 10.4 Å². The third kappa shape index (κ3) is 2.21. The van der Waals surface area contributed by atoms with E-state index in [1.807, 2.05) is 0 Å². The molecule has 0 bridgehead atoms. The first-order valence-corrected chi connectivity index (χ1v) is 6.97. The van der Waals surface area contributed by atoms with Crippen molar-refractivity contribution < 1.29 is 9.18 Å². The molecule has 5 nitrogen and oxygen atoms in total. The van der Waals surface area contributed by atoms with E-state index in [1.54, 1.807) is 17.5 Å². The molecular weight excluding hydrogens is 293 g/mol. The van der Waals surface area contributed by atoms with E-state index in [2.05, 4.69) is 10.3 Å². The summed E-state index contributed by atoms with van der Waals surface area (Å²) in [6.07, 6.45) is 1.27. The molecule has 3 rings (SSSR count). The Labute approximate surface area is 122 Å². The normalized spacial score (nSPS) is 10.8. The summed E-state index contributed by atoms with van der Waals surface area (Å²) in [5.74, 6) is -0.840. The van der Waals surface area contributed by atoms with E-state index in [9.17, 15) is 14.0 Å². The molecule has 7 heteroatoms. The first-order chi connectivity index (χ1) is 10.1. The predicted octanol–water partition coefficient (Wildman–Crippen LogP) is 1.92. The Morgan fingerprint density at radius 1 is 1.33 bits per heavy atom. The Morgan fingerprint density at radius 2 is 2.05 bits per heavy atom. The minimum absolute atomic E-state index is 0.0308. The zero-order chi connectivity index (χ0) is 15.0. The SMILES string of the molecule is CNC(=O)c1cnc2scc(-c3ccc(F)cc3)n2c1=O. The molecule has 0 fully saturated rings. The van der Waals surface area contributed by atoms with Gasteiger partial charge in [0.25, 0.3) is 11.5 Å². The second kappa shape index (κ2) is 5.10. The van der Waals surface area contributed by atoms with Gasteiger partial charge in [-0.2, -0.15) is 0 Å². The molecule has 0 radical (unpaired) electrons. The maximum absolute atomic E-state index is 13.0. The molecular formula is C14H10FN3O2S. The average Bonchev–Trinajstić information content (AvgIpc) is 2.92. The molecule has 21 heavy (non-hydrogen) atoms. The van der Waals surface area contributed by atoms with Crippen LogP contribution in [0.15, 0.2) is 40.6 Å². The molecule has 0 saturated heterocycles. The van der Waals surface area contributed by atoms with Crippen molar-refractivity contribution in [3.8, 4) is 11.3 Å². The molecule has 1 aromatic carbocycles. The van der Waals surface area contributed by atoms with E-state index >= 15 is 0 Å². The quantitative estimate of drug-likeness (QED) is 0.786. The van der Waals surface area contributed by atoms with Gasteiger partial charge in [-0.25, -0.2) is 9.37 Å². The maximum Gasteiger partial charge on any atom is 0.271 e. The van der Waals surface area contributed by atoms with Crippen LogP contribution in [-0.2, 0) is 0 Å². The number of rotatable bonds is 2. The fourth-order valence-electron chi connectivity index (χ4n) is 2.01. The van der Waals surface area contributed by atoms with Crippen molar-refractivity contribution in [1.82, 2.24) is 14.7 Å². The van der Waals surface area contributed by atoms with Gasteiger partial charge in [0.2, 0.25) is 0 Å². The number of nitrogens with zero attached hydrogens (tertiary/aromatic N) is 2. The van der Waals surface area contributed by atoms with Crippen LogP contribution in [0.4, 0.5) is 4.39 Å². The van der Waals surface area contributed by atoms with Gasteiger partial charge in [0.05, 0.1) is 5.69 Å². The highest BCUT2D eigenvalue weighted by atomic mass is 32.1. The first-order valence-electron chi connectivity index (χ1n) is 6.09. The Bertz CT molecular complexity index is 883. The lowest BCUT2D eigenvalue weighted by Crippen LogP contribution is -2.29. The maximum atomic E-state index is 13.0. The van der Waals surface area contributed by atoms with Crippen molar-refractivity contribution >= 4 is 22.2 Å². The number of amides is 1. The predicted molar refractivity (Wildman–Crippen MR) is 78.1 cm³/mol. The molecule has 2 aromatic heterocycles. The highest BCUT2D eigenvalue weighted by Gasteiger charge is 2.15. The van der Waals surface area contributed by atoms with E-state index in [1.165, 1.54) is 41.1 Å². The minimum atomic E-state index is -0.488. The summed E-state index contributed by atoms with van der Waals surface area (Å²) in [4.78, 5) is 28.7. The fourth-order valence-corrected chi connectivity index (χ4v) is 2.86. The van der Waals surface area contributed by atoms with Gasteiger partial charge in [-0.05, 0) is 29.8 Å². The fraction of sp³-hybridized carbons (Fsp3) is 0.0714. The Balaban J connectivity index is 2.27. The third-order valence-electron chi connectivity index (χ3n) is 3.06. The molecule has 2 heterocycles. The van der Waals surface area contributed by atoms with Gasteiger partial charge in [0.1, 0.15) is 11.4 Å². The number of fused-ring (bicyclic) bond motifs is 1. The molecule has 0 atom stereocenters. The van der Waals surface area contributed by atoms with E-state index in [4.69, 9.17) is 0 Å². The molecule has 1 amide bonds. The van der Waals surface area contributed by atoms with Gasteiger partial charge in [-0.3, -0.25) is 14.0 Å². The monoisotopic (exact) mass is 303 g/mol. The summed E-state index contributed by atoms with van der Waals surface area (Å²) in [6.45, 7) is 0. The molecule has 0 spiro atoms. The topological polar surface area (TPSA) is 63.5 Å². The van der Waals surface area contributed by atoms with Gasteiger partial charge in [0.15, 0.2) is 4.96 Å². The Kier molecular flexibility index (Phi) is 3.26. The first kappa shape index (κ1) is 13.4. The molecule has 0 aliphatic carbocycles. The summed E-state index contributed by atoms with van der Waals surface area (Å²) in [5, 5.41) is 4.16. The van der Waals surface area contributed by atoms with Crippen LogP contribution in [0.25, 0.3) is 16.2 Å². The Hall–Kier alpha value is -2.54. The van der Waals surface area contributed by atoms with Gasteiger partial charge < -0.3 is 5.32 Å². The summed E-state index contributed by atoms with van der Waals surface area (Å²) < 4.78 is 14.4. The second-order valence-corrected chi connectivity index (χ2v) is 5.14. The summed E-state index contributed by atoms with van der Waals surface area (Å²) >= 11 is 1.28. The van der Waals surface area contributed by atoms with Crippen molar-refractivity contribution in [3.05, 3.63) is 57.6 Å². The number of hydrogen-bond donors (Lipinski definition) is 1. The largest absolute Gasteiger partial charge is 0.355 e. The summed E-state index contributed by atoms with van der Waals surface area (Å²) in [5.41, 5.74) is 0.788. The van der Waals surface area contributed by atoms with Crippen LogP contribution in [0, 0.1) is 5.82 Å². The second-order valence-electron chi connectivity index (χ2n) is 4.30. The zero-order valence-electron chi connectivity index (χ0n) is 11.0. The molecule has 3 aromatic rings. The van der Waals surface area contributed by atoms with Crippen LogP contribution < -0.4 is 10.9 Å². The van der Waals surface area contributed by atoms with Crippen molar-refractivity contribution in [2.24, 2.45) is 0 Å². The van der Waals surface area contributed by atoms with E-state index in [0.717, 1.165) is 0 Å². The number of hydrogen-bond acceptors (Lipinski definition) is 4. The highest BCUT2D eigenvalue weighted by molar-refractivity contribution is 7.15. The van der Waals surface area contributed by atoms with E-state index < -0.39 is 11.5 Å². The Morgan fingerprint density at radius 3 is 2.71 bits per heavy atom. The lowest BCUT2D eigenvalue weighted by molar-refractivity contribution is 0.0961. The lowest BCUT2D eigenvalue weighted by Gasteiger charge is -2.03. The number of nitrogens with one attached hydrogen (secondary N) is 1. The van der Waals surface area contributed by atoms with Crippen molar-refractivity contribution in [1.29, 1.82) is 0 Å². The lowest BCUT2D eigenvalue weighted by atomic mass is 10.2. The standard InChI is InChI=1S/C14H10FN3O2S/c1-16-12(19)10-6-17-14-18(13(10)20)11(7-21-14)8-2-4-9(15)5-3-8/h2-7H,1H3,(H,16,19). The number of halogens is 1. The number of carbonyl (C=O) groups is 1. The molecule has 106 valence electrons. The number of carbonyl (C=O) groups excluding carboxylic acids is 1. The summed E-state index contributed by atoms with van der Waals surface area (Å²) in [6, 6.07) is 5.80. The van der Waals surface area contributed by atoms with Crippen LogP contribution in [-0.4, -0.2) is 22.3 Å². The minimum Gasteiger partial charge on any atom is -0.355 e. The smallest absolute Gasteiger partial charge is 0.271 e.